The Bertz CT molecular complexity index is 236. The van der Waals surface area contributed by atoms with Crippen molar-refractivity contribution >= 4 is 0 Å². The van der Waals surface area contributed by atoms with Gasteiger partial charge in [-0.15, -0.1) is 0 Å². The standard InChI is InChI=1S/C14H28N2O/c1-14(2)6-3-12(9-14)16-13(10-15)11-4-7-17-8-5-11/h11-13,16H,3-10,15H2,1-2H3. The second-order valence-electron chi connectivity index (χ2n) is 6.56. The fourth-order valence-electron chi connectivity index (χ4n) is 3.40. The van der Waals surface area contributed by atoms with E-state index in [1.54, 1.807) is 0 Å². The molecule has 2 unspecified atom stereocenters. The lowest BCUT2D eigenvalue weighted by molar-refractivity contribution is 0.0530. The SMILES string of the molecule is CC1(C)CCC(NC(CN)C2CCOCC2)C1. The van der Waals surface area contributed by atoms with Crippen molar-refractivity contribution in [2.45, 2.75) is 58.0 Å². The van der Waals surface area contributed by atoms with Crippen LogP contribution in [0.25, 0.3) is 0 Å². The molecule has 1 aliphatic carbocycles. The Hall–Kier alpha value is -0.120. The van der Waals surface area contributed by atoms with Crippen molar-refractivity contribution in [1.29, 1.82) is 0 Å². The Morgan fingerprint density at radius 2 is 2.00 bits per heavy atom. The van der Waals surface area contributed by atoms with Crippen molar-refractivity contribution in [3.63, 3.8) is 0 Å². The summed E-state index contributed by atoms with van der Waals surface area (Å²) in [6, 6.07) is 1.18. The van der Waals surface area contributed by atoms with Crippen molar-refractivity contribution in [2.75, 3.05) is 19.8 Å². The van der Waals surface area contributed by atoms with Crippen LogP contribution < -0.4 is 11.1 Å². The second-order valence-corrected chi connectivity index (χ2v) is 6.56. The minimum atomic E-state index is 0.498. The van der Waals surface area contributed by atoms with Gasteiger partial charge in [-0.05, 0) is 43.4 Å². The van der Waals surface area contributed by atoms with Gasteiger partial charge in [0.05, 0.1) is 0 Å². The number of rotatable bonds is 4. The van der Waals surface area contributed by atoms with Crippen LogP contribution in [0.2, 0.25) is 0 Å². The number of nitrogens with one attached hydrogen (secondary N) is 1. The Balaban J connectivity index is 1.82. The maximum absolute atomic E-state index is 5.95. The molecule has 0 aromatic rings. The molecule has 3 N–H and O–H groups in total. The van der Waals surface area contributed by atoms with E-state index in [2.05, 4.69) is 19.2 Å². The second kappa shape index (κ2) is 5.68. The van der Waals surface area contributed by atoms with E-state index >= 15 is 0 Å². The highest BCUT2D eigenvalue weighted by molar-refractivity contribution is 4.90. The van der Waals surface area contributed by atoms with Gasteiger partial charge in [0.15, 0.2) is 0 Å². The van der Waals surface area contributed by atoms with E-state index in [1.165, 1.54) is 32.1 Å². The average Bonchev–Trinajstić information content (AvgIpc) is 2.67. The molecule has 0 amide bonds. The molecule has 17 heavy (non-hydrogen) atoms. The van der Waals surface area contributed by atoms with Crippen LogP contribution >= 0.6 is 0 Å². The average molecular weight is 240 g/mol. The molecular formula is C14H28N2O. The Morgan fingerprint density at radius 3 is 2.53 bits per heavy atom. The van der Waals surface area contributed by atoms with Crippen LogP contribution in [0.1, 0.15) is 46.0 Å². The van der Waals surface area contributed by atoms with E-state index in [0.29, 0.717) is 17.5 Å². The van der Waals surface area contributed by atoms with Crippen molar-refractivity contribution in [2.24, 2.45) is 17.1 Å². The predicted molar refractivity (Wildman–Crippen MR) is 70.9 cm³/mol. The molecule has 2 rings (SSSR count). The van der Waals surface area contributed by atoms with Crippen LogP contribution in [0.5, 0.6) is 0 Å². The molecule has 2 fully saturated rings. The lowest BCUT2D eigenvalue weighted by Gasteiger charge is -2.32. The third-order valence-corrected chi connectivity index (χ3v) is 4.51. The Morgan fingerprint density at radius 1 is 1.29 bits per heavy atom. The topological polar surface area (TPSA) is 47.3 Å². The van der Waals surface area contributed by atoms with Gasteiger partial charge in [-0.1, -0.05) is 13.8 Å². The minimum Gasteiger partial charge on any atom is -0.381 e. The molecule has 100 valence electrons. The smallest absolute Gasteiger partial charge is 0.0469 e. The lowest BCUT2D eigenvalue weighted by Crippen LogP contribution is -2.48. The summed E-state index contributed by atoms with van der Waals surface area (Å²) in [4.78, 5) is 0. The maximum Gasteiger partial charge on any atom is 0.0469 e. The molecule has 1 saturated heterocycles. The quantitative estimate of drug-likeness (QED) is 0.789. The Labute approximate surface area is 105 Å². The largest absolute Gasteiger partial charge is 0.381 e. The van der Waals surface area contributed by atoms with Crippen LogP contribution in [-0.2, 0) is 4.74 Å². The van der Waals surface area contributed by atoms with Crippen molar-refractivity contribution in [3.8, 4) is 0 Å². The summed E-state index contributed by atoms with van der Waals surface area (Å²) in [5, 5.41) is 3.81. The highest BCUT2D eigenvalue weighted by Crippen LogP contribution is 2.37. The molecule has 3 nitrogen and oxygen atoms in total. The fraction of sp³-hybridized carbons (Fsp3) is 1.00. The molecule has 1 aliphatic heterocycles. The first-order valence-corrected chi connectivity index (χ1v) is 7.14. The van der Waals surface area contributed by atoms with Crippen LogP contribution in [0.15, 0.2) is 0 Å². The zero-order valence-corrected chi connectivity index (χ0v) is 11.4. The summed E-state index contributed by atoms with van der Waals surface area (Å²) < 4.78 is 5.43. The summed E-state index contributed by atoms with van der Waals surface area (Å²) in [7, 11) is 0. The van der Waals surface area contributed by atoms with Gasteiger partial charge in [0.25, 0.3) is 0 Å². The highest BCUT2D eigenvalue weighted by atomic mass is 16.5. The normalized spacial score (nSPS) is 31.6. The molecule has 0 aromatic carbocycles. The van der Waals surface area contributed by atoms with Crippen molar-refractivity contribution in [1.82, 2.24) is 5.32 Å². The first-order chi connectivity index (χ1) is 8.11. The van der Waals surface area contributed by atoms with Crippen molar-refractivity contribution < 1.29 is 4.74 Å². The molecule has 0 bridgehead atoms. The highest BCUT2D eigenvalue weighted by Gasteiger charge is 2.33. The molecule has 1 saturated carbocycles. The fourth-order valence-corrected chi connectivity index (χ4v) is 3.40. The molecule has 1 heterocycles. The van der Waals surface area contributed by atoms with Gasteiger partial charge in [0, 0.05) is 31.8 Å². The van der Waals surface area contributed by atoms with Crippen LogP contribution in [0, 0.1) is 11.3 Å². The van der Waals surface area contributed by atoms with Gasteiger partial charge in [-0.3, -0.25) is 0 Å². The zero-order chi connectivity index (χ0) is 12.3. The van der Waals surface area contributed by atoms with Crippen LogP contribution in [0.4, 0.5) is 0 Å². The zero-order valence-electron chi connectivity index (χ0n) is 11.4. The molecule has 2 aliphatic rings. The molecule has 0 spiro atoms. The van der Waals surface area contributed by atoms with Gasteiger partial charge in [-0.25, -0.2) is 0 Å². The van der Waals surface area contributed by atoms with Gasteiger partial charge in [0.1, 0.15) is 0 Å². The van der Waals surface area contributed by atoms with E-state index in [0.717, 1.165) is 25.7 Å². The van der Waals surface area contributed by atoms with Crippen LogP contribution in [0.3, 0.4) is 0 Å². The van der Waals surface area contributed by atoms with Gasteiger partial charge in [0.2, 0.25) is 0 Å². The molecule has 2 atom stereocenters. The van der Waals surface area contributed by atoms with E-state index in [9.17, 15) is 0 Å². The first kappa shape index (κ1) is 13.3. The number of hydrogen-bond acceptors (Lipinski definition) is 3. The summed E-state index contributed by atoms with van der Waals surface area (Å²) >= 11 is 0. The minimum absolute atomic E-state index is 0.498. The number of nitrogens with two attached hydrogens (primary N) is 1. The molecule has 0 aromatic heterocycles. The maximum atomic E-state index is 5.95. The molecule has 3 heteroatoms. The van der Waals surface area contributed by atoms with E-state index < -0.39 is 0 Å². The van der Waals surface area contributed by atoms with Gasteiger partial charge >= 0.3 is 0 Å². The van der Waals surface area contributed by atoms with E-state index in [-0.39, 0.29) is 0 Å². The summed E-state index contributed by atoms with van der Waals surface area (Å²) in [5.74, 6) is 0.720. The van der Waals surface area contributed by atoms with Gasteiger partial charge in [-0.2, -0.15) is 0 Å². The third-order valence-electron chi connectivity index (χ3n) is 4.51. The van der Waals surface area contributed by atoms with Crippen molar-refractivity contribution in [3.05, 3.63) is 0 Å². The van der Waals surface area contributed by atoms with Crippen LogP contribution in [-0.4, -0.2) is 31.8 Å². The summed E-state index contributed by atoms with van der Waals surface area (Å²) in [6.07, 6.45) is 6.30. The number of hydrogen-bond donors (Lipinski definition) is 2. The summed E-state index contributed by atoms with van der Waals surface area (Å²) in [5.41, 5.74) is 6.47. The monoisotopic (exact) mass is 240 g/mol. The predicted octanol–water partition coefficient (Wildman–Crippen LogP) is 1.91. The third kappa shape index (κ3) is 3.67. The lowest BCUT2D eigenvalue weighted by atomic mass is 9.90. The molecule has 0 radical (unpaired) electrons. The number of ether oxygens (including phenoxy) is 1. The summed E-state index contributed by atoms with van der Waals surface area (Å²) in [6.45, 7) is 7.35. The Kier molecular flexibility index (Phi) is 4.45. The van der Waals surface area contributed by atoms with E-state index in [4.69, 9.17) is 10.5 Å². The first-order valence-electron chi connectivity index (χ1n) is 7.14. The van der Waals surface area contributed by atoms with Gasteiger partial charge < -0.3 is 15.8 Å². The molecular weight excluding hydrogens is 212 g/mol. The van der Waals surface area contributed by atoms with E-state index in [1.807, 2.05) is 0 Å².